The number of rotatable bonds is 63. The lowest BCUT2D eigenvalue weighted by molar-refractivity contribution is -0.360. The molecule has 0 aromatic carbocycles. The summed E-state index contributed by atoms with van der Waals surface area (Å²) in [6.07, 6.45) is 16.8. The van der Waals surface area contributed by atoms with Crippen molar-refractivity contribution in [1.29, 1.82) is 0 Å². The molecule has 11 N–H and O–H groups in total. The van der Waals surface area contributed by atoms with E-state index in [-0.39, 0.29) is 19.3 Å². The summed E-state index contributed by atoms with van der Waals surface area (Å²) >= 11 is 0. The van der Waals surface area contributed by atoms with Gasteiger partial charge in [0.2, 0.25) is 0 Å². The molecule has 0 bridgehead atoms. The Morgan fingerprint density at radius 2 is 0.745 bits per heavy atom. The maximum atomic E-state index is 14.4. The highest BCUT2D eigenvalue weighted by Gasteiger charge is 2.58. The first kappa shape index (κ1) is 93.9. The molecule has 0 amide bonds. The van der Waals surface area contributed by atoms with Gasteiger partial charge in [-0.25, -0.2) is 4.57 Å². The van der Waals surface area contributed by atoms with E-state index in [2.05, 4.69) is 39.8 Å². The summed E-state index contributed by atoms with van der Waals surface area (Å²) in [7, 11) is -5.70. The predicted octanol–water partition coefficient (Wildman–Crippen LogP) is 12.2. The van der Waals surface area contributed by atoms with Crippen molar-refractivity contribution in [2.45, 2.75) is 427 Å². The standard InChI is InChI=1S/C77H143O24P/c1-5-8-11-14-17-19-21-23-25-27-29-31-33-35-42-47-52-63(81)96-58(54-93-61(79)50-45-40-34-32-30-28-26-24-22-20-18-15-12-9-6-2)55-95-102(91,92)101-75-73(99-76-71(89)66(84)64(82)59(53-78)97-76)69(87)68(86)70(88)74(75)100-77-72(90)67(85)65(83)60(98-77)56-94-62(80)51-46-41-37-36-39-44-49-57(4)48-43-38-16-13-10-7-3/h20,22,57-60,64-78,82-90H,5-19,21,23-56H2,1-4H3,(H,91,92)/b22-20-. The lowest BCUT2D eigenvalue weighted by Gasteiger charge is -2.49. The number of carbonyl (C=O) groups is 3. The zero-order chi connectivity index (χ0) is 74.8. The maximum absolute atomic E-state index is 14.4. The first-order valence-electron chi connectivity index (χ1n) is 40.4. The third-order valence-corrected chi connectivity index (χ3v) is 21.2. The molecule has 0 aromatic heterocycles. The first-order valence-corrected chi connectivity index (χ1v) is 41.9. The van der Waals surface area contributed by atoms with Crippen LogP contribution in [0.25, 0.3) is 0 Å². The van der Waals surface area contributed by atoms with Crippen LogP contribution in [-0.2, 0) is 61.2 Å². The van der Waals surface area contributed by atoms with E-state index < -0.39 is 156 Å². The highest BCUT2D eigenvalue weighted by atomic mass is 31.2. The third-order valence-electron chi connectivity index (χ3n) is 20.2. The highest BCUT2D eigenvalue weighted by Crippen LogP contribution is 2.49. The molecule has 1 aliphatic carbocycles. The van der Waals surface area contributed by atoms with E-state index in [1.807, 2.05) is 0 Å². The highest BCUT2D eigenvalue weighted by molar-refractivity contribution is 7.47. The van der Waals surface area contributed by atoms with E-state index >= 15 is 0 Å². The summed E-state index contributed by atoms with van der Waals surface area (Å²) in [4.78, 5) is 51.2. The van der Waals surface area contributed by atoms with Gasteiger partial charge in [0.25, 0.3) is 0 Å². The van der Waals surface area contributed by atoms with Gasteiger partial charge in [-0.1, -0.05) is 271 Å². The molecule has 19 atom stereocenters. The van der Waals surface area contributed by atoms with E-state index in [4.69, 9.17) is 42.2 Å². The van der Waals surface area contributed by atoms with Crippen LogP contribution in [0.2, 0.25) is 0 Å². The minimum atomic E-state index is -5.70. The Kier molecular flexibility index (Phi) is 53.2. The molecule has 24 nitrogen and oxygen atoms in total. The molecule has 102 heavy (non-hydrogen) atoms. The molecule has 2 aliphatic heterocycles. The number of aliphatic hydroxyl groups is 10. The van der Waals surface area contributed by atoms with Crippen LogP contribution in [0.15, 0.2) is 12.2 Å². The van der Waals surface area contributed by atoms with Gasteiger partial charge in [-0.15, -0.1) is 0 Å². The number of esters is 3. The summed E-state index contributed by atoms with van der Waals surface area (Å²) in [5.41, 5.74) is 0. The molecule has 25 heteroatoms. The molecule has 19 unspecified atom stereocenters. The van der Waals surface area contributed by atoms with Crippen molar-refractivity contribution in [1.82, 2.24) is 0 Å². The lowest BCUT2D eigenvalue weighted by atomic mass is 9.84. The molecule has 3 rings (SSSR count). The monoisotopic (exact) mass is 1480 g/mol. The molecule has 2 heterocycles. The van der Waals surface area contributed by atoms with E-state index in [9.17, 15) is 74.9 Å². The number of phosphoric ester groups is 1. The number of unbranched alkanes of at least 4 members (excludes halogenated alkanes) is 36. The van der Waals surface area contributed by atoms with E-state index in [0.29, 0.717) is 25.2 Å². The molecule has 1 saturated carbocycles. The van der Waals surface area contributed by atoms with Gasteiger partial charge >= 0.3 is 25.7 Å². The van der Waals surface area contributed by atoms with Crippen molar-refractivity contribution >= 4 is 25.7 Å². The Hall–Kier alpha value is -2.30. The largest absolute Gasteiger partial charge is 0.472 e. The molecule has 0 aromatic rings. The number of allylic oxidation sites excluding steroid dienone is 2. The van der Waals surface area contributed by atoms with Crippen molar-refractivity contribution in [2.75, 3.05) is 26.4 Å². The van der Waals surface area contributed by atoms with Crippen LogP contribution in [0.4, 0.5) is 0 Å². The van der Waals surface area contributed by atoms with Gasteiger partial charge in [0.05, 0.1) is 13.2 Å². The average Bonchev–Trinajstić information content (AvgIpc) is 0.761. The molecule has 0 radical (unpaired) electrons. The number of ether oxygens (including phenoxy) is 7. The summed E-state index contributed by atoms with van der Waals surface area (Å²) in [5, 5.41) is 110. The smallest absolute Gasteiger partial charge is 0.463 e. The second kappa shape index (κ2) is 57.8. The van der Waals surface area contributed by atoms with E-state index in [1.54, 1.807) is 0 Å². The predicted molar refractivity (Wildman–Crippen MR) is 388 cm³/mol. The van der Waals surface area contributed by atoms with Gasteiger partial charge < -0.3 is 89.1 Å². The number of phosphoric acid groups is 1. The lowest BCUT2D eigenvalue weighted by Crippen LogP contribution is -2.69. The molecular weight excluding hydrogens is 1340 g/mol. The van der Waals surface area contributed by atoms with Gasteiger partial charge in [-0.05, 0) is 50.9 Å². The summed E-state index contributed by atoms with van der Waals surface area (Å²) in [6, 6.07) is 0. The van der Waals surface area contributed by atoms with Crippen molar-refractivity contribution in [3.8, 4) is 0 Å². The molecule has 600 valence electrons. The molecule has 3 aliphatic rings. The van der Waals surface area contributed by atoms with Gasteiger partial charge in [0.1, 0.15) is 98.7 Å². The summed E-state index contributed by atoms with van der Waals surface area (Å²) < 4.78 is 65.2. The number of carbonyl (C=O) groups excluding carboxylic acids is 3. The normalized spacial score (nSPS) is 27.4. The topological polar surface area (TPSA) is 374 Å². The Balaban J connectivity index is 1.71. The minimum absolute atomic E-state index is 0.0299. The number of hydrogen-bond donors (Lipinski definition) is 11. The van der Waals surface area contributed by atoms with E-state index in [1.165, 1.54) is 141 Å². The zero-order valence-electron chi connectivity index (χ0n) is 63.1. The third kappa shape index (κ3) is 40.2. The Morgan fingerprint density at radius 3 is 1.17 bits per heavy atom. The molecule has 2 saturated heterocycles. The number of aliphatic hydroxyl groups excluding tert-OH is 10. The van der Waals surface area contributed by atoms with Crippen LogP contribution < -0.4 is 0 Å². The average molecular weight is 1480 g/mol. The Morgan fingerprint density at radius 1 is 0.402 bits per heavy atom. The van der Waals surface area contributed by atoms with Crippen LogP contribution >= 0.6 is 7.82 Å². The van der Waals surface area contributed by atoms with Crippen LogP contribution in [0.5, 0.6) is 0 Å². The van der Waals surface area contributed by atoms with Crippen molar-refractivity contribution < 1.29 is 117 Å². The zero-order valence-corrected chi connectivity index (χ0v) is 64.0. The Bertz CT molecular complexity index is 2160. The van der Waals surface area contributed by atoms with Gasteiger partial charge in [-0.3, -0.25) is 23.4 Å². The van der Waals surface area contributed by atoms with Gasteiger partial charge in [0, 0.05) is 19.3 Å². The van der Waals surface area contributed by atoms with Crippen LogP contribution in [0.3, 0.4) is 0 Å². The van der Waals surface area contributed by atoms with E-state index in [0.717, 1.165) is 116 Å². The van der Waals surface area contributed by atoms with Crippen LogP contribution in [-0.4, -0.2) is 204 Å². The van der Waals surface area contributed by atoms with Crippen molar-refractivity contribution in [2.24, 2.45) is 5.92 Å². The fraction of sp³-hybridized carbons (Fsp3) is 0.935. The van der Waals surface area contributed by atoms with Crippen LogP contribution in [0, 0.1) is 5.92 Å². The second-order valence-corrected chi connectivity index (χ2v) is 30.8. The maximum Gasteiger partial charge on any atom is 0.472 e. The van der Waals surface area contributed by atoms with Crippen molar-refractivity contribution in [3.63, 3.8) is 0 Å². The molecule has 0 spiro atoms. The SMILES string of the molecule is CCCCCC/C=C\CCCCCCCCCC(=O)OCC(COP(=O)(O)OC1C(OC2OC(CO)C(O)C(O)C2O)C(O)C(O)C(O)C1OC1OC(COC(=O)CCCCCCCCC(C)CCCCCCCC)C(O)C(O)C1O)OC(=O)CCCCCCCCCCCCCCCCCC. The van der Waals surface area contributed by atoms with Crippen LogP contribution in [0.1, 0.15) is 323 Å². The summed E-state index contributed by atoms with van der Waals surface area (Å²) in [5.74, 6) is -1.29. The molecule has 3 fully saturated rings. The first-order chi connectivity index (χ1) is 49.2. The van der Waals surface area contributed by atoms with Crippen molar-refractivity contribution in [3.05, 3.63) is 12.2 Å². The van der Waals surface area contributed by atoms with Gasteiger partial charge in [-0.2, -0.15) is 0 Å². The fourth-order valence-electron chi connectivity index (χ4n) is 13.5. The summed E-state index contributed by atoms with van der Waals surface area (Å²) in [6.45, 7) is 5.79. The fourth-order valence-corrected chi connectivity index (χ4v) is 14.5. The quantitative estimate of drug-likeness (QED) is 0.00886. The Labute approximate surface area is 612 Å². The van der Waals surface area contributed by atoms with Gasteiger partial charge in [0.15, 0.2) is 18.7 Å². The second-order valence-electron chi connectivity index (χ2n) is 29.4. The number of hydrogen-bond acceptors (Lipinski definition) is 23. The minimum Gasteiger partial charge on any atom is -0.463 e. The molecular formula is C77H143O24P.